The van der Waals surface area contributed by atoms with Gasteiger partial charge < -0.3 is 4.57 Å². The van der Waals surface area contributed by atoms with Crippen molar-refractivity contribution in [3.8, 4) is 0 Å². The van der Waals surface area contributed by atoms with Crippen molar-refractivity contribution >= 4 is 21.2 Å². The fourth-order valence-corrected chi connectivity index (χ4v) is 5.22. The Morgan fingerprint density at radius 2 is 1.86 bits per heavy atom. The third kappa shape index (κ3) is 3.99. The predicted octanol–water partition coefficient (Wildman–Crippen LogP) is 3.55. The van der Waals surface area contributed by atoms with Crippen LogP contribution >= 0.6 is 0 Å². The van der Waals surface area contributed by atoms with Crippen LogP contribution in [0.2, 0.25) is 0 Å². The maximum atomic E-state index is 12.9. The molecule has 0 spiro atoms. The first-order valence-electron chi connectivity index (χ1n) is 9.18. The summed E-state index contributed by atoms with van der Waals surface area (Å²) in [5.74, 6) is 0.0624. The van der Waals surface area contributed by atoms with Gasteiger partial charge in [0.25, 0.3) is 0 Å². The molecule has 0 aliphatic carbocycles. The van der Waals surface area contributed by atoms with Crippen LogP contribution in [-0.4, -0.2) is 40.3 Å². The van der Waals surface area contributed by atoms with Gasteiger partial charge in [-0.3, -0.25) is 0 Å². The first kappa shape index (κ1) is 19.8. The summed E-state index contributed by atoms with van der Waals surface area (Å²) >= 11 is 0. The summed E-state index contributed by atoms with van der Waals surface area (Å²) in [6.45, 7) is 1.23. The van der Waals surface area contributed by atoms with Gasteiger partial charge >= 0.3 is 6.18 Å². The molecule has 154 valence electrons. The monoisotopic (exact) mass is 424 g/mol. The summed E-state index contributed by atoms with van der Waals surface area (Å²) in [4.78, 5) is 8.51. The number of sulfonamides is 1. The zero-order chi connectivity index (χ0) is 20.6. The van der Waals surface area contributed by atoms with E-state index in [1.807, 2.05) is 10.6 Å². The molecule has 1 aromatic carbocycles. The highest BCUT2D eigenvalue weighted by atomic mass is 32.2. The fraction of sp³-hybridized carbons (Fsp3) is 0.368. The molecular formula is C19H19F3N4O2S. The van der Waals surface area contributed by atoms with E-state index in [1.165, 1.54) is 4.31 Å². The molecule has 1 saturated heterocycles. The van der Waals surface area contributed by atoms with Crippen molar-refractivity contribution < 1.29 is 21.6 Å². The van der Waals surface area contributed by atoms with Gasteiger partial charge in [-0.15, -0.1) is 0 Å². The topological polar surface area (TPSA) is 68.1 Å². The van der Waals surface area contributed by atoms with E-state index in [0.29, 0.717) is 26.1 Å². The minimum absolute atomic E-state index is 0.0624. The van der Waals surface area contributed by atoms with Gasteiger partial charge in [-0.25, -0.2) is 18.4 Å². The molecule has 3 heterocycles. The van der Waals surface area contributed by atoms with Crippen LogP contribution < -0.4 is 0 Å². The molecule has 6 nitrogen and oxygen atoms in total. The van der Waals surface area contributed by atoms with Gasteiger partial charge in [0.2, 0.25) is 10.0 Å². The van der Waals surface area contributed by atoms with Gasteiger partial charge in [-0.05, 0) is 55.2 Å². The largest absolute Gasteiger partial charge is 0.416 e. The minimum Gasteiger partial charge on any atom is -0.315 e. The smallest absolute Gasteiger partial charge is 0.315 e. The van der Waals surface area contributed by atoms with Crippen molar-refractivity contribution in [3.05, 3.63) is 54.5 Å². The van der Waals surface area contributed by atoms with Crippen LogP contribution in [0.15, 0.2) is 53.8 Å². The molecule has 0 saturated carbocycles. The van der Waals surface area contributed by atoms with E-state index < -0.39 is 21.8 Å². The lowest BCUT2D eigenvalue weighted by molar-refractivity contribution is -0.137. The number of alkyl halides is 3. The first-order chi connectivity index (χ1) is 13.7. The molecule has 4 rings (SSSR count). The Morgan fingerprint density at radius 3 is 2.59 bits per heavy atom. The molecule has 1 aliphatic heterocycles. The van der Waals surface area contributed by atoms with Crippen molar-refractivity contribution in [1.29, 1.82) is 0 Å². The van der Waals surface area contributed by atoms with Gasteiger partial charge in [0.05, 0.1) is 16.8 Å². The summed E-state index contributed by atoms with van der Waals surface area (Å²) in [7, 11) is -3.85. The molecule has 1 unspecified atom stereocenters. The van der Waals surface area contributed by atoms with Crippen molar-refractivity contribution in [2.75, 3.05) is 13.1 Å². The number of fused-ring (bicyclic) bond motifs is 1. The standard InChI is InChI=1S/C19H19F3N4O2S/c20-19(21,22)15-5-7-16(8-6-15)29(27,28)26-10-2-3-14(12-26)11-25-13-24-17-4-1-9-23-18(17)25/h1,4-9,13-14H,2-3,10-12H2. The second-order valence-corrected chi connectivity index (χ2v) is 9.07. The Labute approximate surface area is 166 Å². The minimum atomic E-state index is -4.50. The first-order valence-corrected chi connectivity index (χ1v) is 10.6. The lowest BCUT2D eigenvalue weighted by atomic mass is 10.00. The van der Waals surface area contributed by atoms with Gasteiger partial charge in [-0.2, -0.15) is 17.5 Å². The Bertz CT molecular complexity index is 1110. The molecule has 29 heavy (non-hydrogen) atoms. The number of rotatable bonds is 4. The lowest BCUT2D eigenvalue weighted by Crippen LogP contribution is -2.41. The van der Waals surface area contributed by atoms with Crippen LogP contribution in [0.1, 0.15) is 18.4 Å². The van der Waals surface area contributed by atoms with Crippen molar-refractivity contribution in [2.45, 2.75) is 30.5 Å². The van der Waals surface area contributed by atoms with Crippen LogP contribution in [0.3, 0.4) is 0 Å². The highest BCUT2D eigenvalue weighted by molar-refractivity contribution is 7.89. The fourth-order valence-electron chi connectivity index (χ4n) is 3.67. The lowest BCUT2D eigenvalue weighted by Gasteiger charge is -2.32. The Kier molecular flexibility index (Phi) is 5.07. The molecular weight excluding hydrogens is 405 g/mol. The number of pyridine rings is 1. The number of hydrogen-bond acceptors (Lipinski definition) is 4. The average Bonchev–Trinajstić information content (AvgIpc) is 3.11. The number of piperidine rings is 1. The second-order valence-electron chi connectivity index (χ2n) is 7.14. The van der Waals surface area contributed by atoms with Gasteiger partial charge in [-0.1, -0.05) is 0 Å². The summed E-state index contributed by atoms with van der Waals surface area (Å²) < 4.78 is 67.3. The van der Waals surface area contributed by atoms with Crippen LogP contribution in [-0.2, 0) is 22.7 Å². The zero-order valence-electron chi connectivity index (χ0n) is 15.4. The average molecular weight is 424 g/mol. The van der Waals surface area contributed by atoms with E-state index in [1.54, 1.807) is 18.6 Å². The van der Waals surface area contributed by atoms with Crippen molar-refractivity contribution in [1.82, 2.24) is 18.8 Å². The quantitative estimate of drug-likeness (QED) is 0.642. The molecule has 3 aromatic rings. The molecule has 0 bridgehead atoms. The van der Waals surface area contributed by atoms with Gasteiger partial charge in [0.15, 0.2) is 5.65 Å². The van der Waals surface area contributed by atoms with E-state index in [0.717, 1.165) is 41.9 Å². The SMILES string of the molecule is O=S(=O)(c1ccc(C(F)(F)F)cc1)N1CCCC(Cn2cnc3cccnc32)C1. The molecule has 0 amide bonds. The van der Waals surface area contributed by atoms with Gasteiger partial charge in [0.1, 0.15) is 5.52 Å². The van der Waals surface area contributed by atoms with Crippen LogP contribution in [0.5, 0.6) is 0 Å². The van der Waals surface area contributed by atoms with Gasteiger partial charge in [0, 0.05) is 25.8 Å². The number of benzene rings is 1. The van der Waals surface area contributed by atoms with Crippen molar-refractivity contribution in [3.63, 3.8) is 0 Å². The third-order valence-electron chi connectivity index (χ3n) is 5.13. The number of aromatic nitrogens is 3. The number of halogens is 3. The van der Waals surface area contributed by atoms with E-state index in [2.05, 4.69) is 9.97 Å². The number of hydrogen-bond donors (Lipinski definition) is 0. The predicted molar refractivity (Wildman–Crippen MR) is 100 cm³/mol. The third-order valence-corrected chi connectivity index (χ3v) is 7.01. The maximum absolute atomic E-state index is 12.9. The molecule has 0 radical (unpaired) electrons. The summed E-state index contributed by atoms with van der Waals surface area (Å²) in [6, 6.07) is 7.32. The van der Waals surface area contributed by atoms with Crippen LogP contribution in [0.4, 0.5) is 13.2 Å². The molecule has 1 fully saturated rings. The van der Waals surface area contributed by atoms with Crippen LogP contribution in [0.25, 0.3) is 11.2 Å². The molecule has 1 aliphatic rings. The van der Waals surface area contributed by atoms with E-state index >= 15 is 0 Å². The molecule has 1 atom stereocenters. The van der Waals surface area contributed by atoms with Crippen LogP contribution in [0, 0.1) is 5.92 Å². The highest BCUT2D eigenvalue weighted by Gasteiger charge is 2.33. The van der Waals surface area contributed by atoms with E-state index in [-0.39, 0.29) is 10.8 Å². The zero-order valence-corrected chi connectivity index (χ0v) is 16.2. The summed E-state index contributed by atoms with van der Waals surface area (Å²) in [5, 5.41) is 0. The normalized spacial score (nSPS) is 18.9. The van der Waals surface area contributed by atoms with Crippen molar-refractivity contribution in [2.24, 2.45) is 5.92 Å². The molecule has 2 aromatic heterocycles. The molecule has 0 N–H and O–H groups in total. The Hall–Kier alpha value is -2.46. The highest BCUT2D eigenvalue weighted by Crippen LogP contribution is 2.31. The number of imidazole rings is 1. The van der Waals surface area contributed by atoms with E-state index in [4.69, 9.17) is 0 Å². The maximum Gasteiger partial charge on any atom is 0.416 e. The van der Waals surface area contributed by atoms with E-state index in [9.17, 15) is 21.6 Å². The second kappa shape index (κ2) is 7.42. The Balaban J connectivity index is 1.51. The number of nitrogens with zero attached hydrogens (tertiary/aromatic N) is 4. The molecule has 10 heteroatoms. The summed E-state index contributed by atoms with van der Waals surface area (Å²) in [5.41, 5.74) is 0.653. The summed E-state index contributed by atoms with van der Waals surface area (Å²) in [6.07, 6.45) is 0.417. The Morgan fingerprint density at radius 1 is 1.10 bits per heavy atom.